The van der Waals surface area contributed by atoms with E-state index in [1.807, 2.05) is 7.05 Å². The number of nitrogens with one attached hydrogen (secondary N) is 1. The lowest BCUT2D eigenvalue weighted by molar-refractivity contribution is -0.156. The Morgan fingerprint density at radius 2 is 1.90 bits per heavy atom. The lowest BCUT2D eigenvalue weighted by atomic mass is 9.49. The molecule has 2 heterocycles. The molecular formula is C22H31BrN4O2. The highest BCUT2D eigenvalue weighted by Gasteiger charge is 2.60. The molecule has 1 saturated heterocycles. The molecule has 6 nitrogen and oxygen atoms in total. The van der Waals surface area contributed by atoms with Gasteiger partial charge in [-0.1, -0.05) is 15.9 Å². The number of hydrogen-bond donors (Lipinski definition) is 1. The molecule has 4 aliphatic carbocycles. The van der Waals surface area contributed by atoms with E-state index in [9.17, 15) is 9.59 Å². The fourth-order valence-electron chi connectivity index (χ4n) is 6.95. The molecule has 5 aliphatic rings. The third-order valence-electron chi connectivity index (χ3n) is 7.86. The molecule has 1 aliphatic heterocycles. The number of amides is 2. The summed E-state index contributed by atoms with van der Waals surface area (Å²) in [5, 5.41) is 7.09. The highest BCUT2D eigenvalue weighted by atomic mass is 79.9. The van der Waals surface area contributed by atoms with E-state index < -0.39 is 0 Å². The molecule has 2 atom stereocenters. The van der Waals surface area contributed by atoms with Crippen molar-refractivity contribution in [2.24, 2.45) is 30.2 Å². The first-order valence-corrected chi connectivity index (χ1v) is 11.9. The monoisotopic (exact) mass is 462 g/mol. The topological polar surface area (TPSA) is 67.2 Å². The van der Waals surface area contributed by atoms with Crippen LogP contribution in [0.2, 0.25) is 0 Å². The van der Waals surface area contributed by atoms with Crippen molar-refractivity contribution in [1.82, 2.24) is 20.0 Å². The molecule has 2 amide bonds. The summed E-state index contributed by atoms with van der Waals surface area (Å²) in [5.41, 5.74) is 0.500. The van der Waals surface area contributed by atoms with E-state index in [1.165, 1.54) is 19.3 Å². The summed E-state index contributed by atoms with van der Waals surface area (Å²) in [5.74, 6) is 2.28. The first kappa shape index (κ1) is 19.6. The smallest absolute Gasteiger partial charge is 0.254 e. The van der Waals surface area contributed by atoms with Gasteiger partial charge < -0.3 is 10.2 Å². The molecule has 0 spiro atoms. The Labute approximate surface area is 180 Å². The van der Waals surface area contributed by atoms with Crippen LogP contribution < -0.4 is 5.32 Å². The van der Waals surface area contributed by atoms with Crippen LogP contribution in [-0.2, 0) is 11.8 Å². The molecule has 158 valence electrons. The van der Waals surface area contributed by atoms with Gasteiger partial charge >= 0.3 is 0 Å². The number of aromatic nitrogens is 2. The van der Waals surface area contributed by atoms with Gasteiger partial charge in [-0.15, -0.1) is 0 Å². The average Bonchev–Trinajstić information content (AvgIpc) is 3.10. The molecule has 5 fully saturated rings. The van der Waals surface area contributed by atoms with Crippen LogP contribution >= 0.6 is 15.9 Å². The Kier molecular flexibility index (Phi) is 4.80. The molecule has 7 heteroatoms. The van der Waals surface area contributed by atoms with Gasteiger partial charge in [-0.3, -0.25) is 14.3 Å². The summed E-state index contributed by atoms with van der Waals surface area (Å²) in [4.78, 5) is 28.0. The maximum Gasteiger partial charge on any atom is 0.254 e. The minimum atomic E-state index is -0.102. The van der Waals surface area contributed by atoms with Crippen molar-refractivity contribution in [3.05, 3.63) is 18.0 Å². The van der Waals surface area contributed by atoms with Crippen molar-refractivity contribution in [2.75, 3.05) is 19.6 Å². The SMILES string of the molecule is Cn1cc(C(=O)NCC2CCN(C(=O)C34CC5CC(CC(Br)(C5)C3)C4)CC2)cn1. The number of aryl methyl sites for hydroxylation is 1. The summed E-state index contributed by atoms with van der Waals surface area (Å²) in [6.07, 6.45) is 12.4. The van der Waals surface area contributed by atoms with Crippen LogP contribution in [0.25, 0.3) is 0 Å². The van der Waals surface area contributed by atoms with Gasteiger partial charge in [0.15, 0.2) is 0 Å². The Hall–Kier alpha value is -1.37. The third-order valence-corrected chi connectivity index (χ3v) is 8.79. The maximum atomic E-state index is 13.6. The van der Waals surface area contributed by atoms with E-state index >= 15 is 0 Å². The van der Waals surface area contributed by atoms with Crippen LogP contribution in [0.5, 0.6) is 0 Å². The number of alkyl halides is 1. The lowest BCUT2D eigenvalue weighted by Crippen LogP contribution is -2.59. The largest absolute Gasteiger partial charge is 0.352 e. The van der Waals surface area contributed by atoms with E-state index in [-0.39, 0.29) is 15.6 Å². The number of hydrogen-bond acceptors (Lipinski definition) is 3. The number of rotatable bonds is 4. The average molecular weight is 463 g/mol. The number of piperidine rings is 1. The second-order valence-corrected chi connectivity index (χ2v) is 11.9. The van der Waals surface area contributed by atoms with Crippen molar-refractivity contribution in [3.8, 4) is 0 Å². The minimum Gasteiger partial charge on any atom is -0.352 e. The van der Waals surface area contributed by atoms with Crippen LogP contribution in [0.15, 0.2) is 12.4 Å². The zero-order chi connectivity index (χ0) is 20.2. The third kappa shape index (κ3) is 3.64. The Bertz CT molecular complexity index is 799. The van der Waals surface area contributed by atoms with Crippen LogP contribution in [0, 0.1) is 23.2 Å². The number of carbonyl (C=O) groups is 2. The zero-order valence-electron chi connectivity index (χ0n) is 17.2. The molecular weight excluding hydrogens is 432 g/mol. The summed E-state index contributed by atoms with van der Waals surface area (Å²) < 4.78 is 1.86. The number of halogens is 1. The van der Waals surface area contributed by atoms with Gasteiger partial charge in [0.05, 0.1) is 17.2 Å². The molecule has 29 heavy (non-hydrogen) atoms. The van der Waals surface area contributed by atoms with E-state index in [0.717, 1.165) is 57.0 Å². The minimum absolute atomic E-state index is 0.0622. The second kappa shape index (κ2) is 7.10. The van der Waals surface area contributed by atoms with Crippen molar-refractivity contribution in [1.29, 1.82) is 0 Å². The standard InChI is InChI=1S/C22H31BrN4O2/c1-26-13-18(12-25-26)19(28)24-11-15-2-4-27(5-3-15)20(29)21-7-16-6-17(8-21)10-22(23,9-16)14-21/h12-13,15-17H,2-11,14H2,1H3,(H,24,28). The molecule has 4 saturated carbocycles. The maximum absolute atomic E-state index is 13.6. The zero-order valence-corrected chi connectivity index (χ0v) is 18.8. The van der Waals surface area contributed by atoms with Crippen molar-refractivity contribution in [3.63, 3.8) is 0 Å². The Morgan fingerprint density at radius 1 is 1.21 bits per heavy atom. The second-order valence-electron chi connectivity index (χ2n) is 10.2. The van der Waals surface area contributed by atoms with Crippen molar-refractivity contribution >= 4 is 27.7 Å². The molecule has 1 N–H and O–H groups in total. The molecule has 0 aromatic carbocycles. The molecule has 1 aromatic heterocycles. The van der Waals surface area contributed by atoms with Gasteiger partial charge in [0.1, 0.15) is 0 Å². The van der Waals surface area contributed by atoms with Crippen LogP contribution in [0.1, 0.15) is 61.7 Å². The predicted octanol–water partition coefficient (Wildman–Crippen LogP) is 3.12. The molecule has 1 aromatic rings. The lowest BCUT2D eigenvalue weighted by Gasteiger charge is -2.60. The fourth-order valence-corrected chi connectivity index (χ4v) is 8.41. The molecule has 4 bridgehead atoms. The van der Waals surface area contributed by atoms with Gasteiger partial charge in [-0.05, 0) is 69.1 Å². The number of nitrogens with zero attached hydrogens (tertiary/aromatic N) is 3. The molecule has 0 radical (unpaired) electrons. The highest BCUT2D eigenvalue weighted by Crippen LogP contribution is 2.64. The Morgan fingerprint density at radius 3 is 2.48 bits per heavy atom. The first-order chi connectivity index (χ1) is 13.8. The number of carbonyl (C=O) groups excluding carboxylic acids is 2. The van der Waals surface area contributed by atoms with Crippen LogP contribution in [0.3, 0.4) is 0 Å². The first-order valence-electron chi connectivity index (χ1n) is 11.1. The van der Waals surface area contributed by atoms with Crippen molar-refractivity contribution < 1.29 is 9.59 Å². The van der Waals surface area contributed by atoms with Gasteiger partial charge in [0.25, 0.3) is 5.91 Å². The van der Waals surface area contributed by atoms with Crippen LogP contribution in [-0.4, -0.2) is 50.5 Å². The highest BCUT2D eigenvalue weighted by molar-refractivity contribution is 9.10. The van der Waals surface area contributed by atoms with Gasteiger partial charge in [0, 0.05) is 37.2 Å². The summed E-state index contributed by atoms with van der Waals surface area (Å²) in [6, 6.07) is 0. The van der Waals surface area contributed by atoms with E-state index in [4.69, 9.17) is 0 Å². The molecule has 6 rings (SSSR count). The fraction of sp³-hybridized carbons (Fsp3) is 0.773. The van der Waals surface area contributed by atoms with E-state index in [2.05, 4.69) is 31.2 Å². The summed E-state index contributed by atoms with van der Waals surface area (Å²) in [6.45, 7) is 2.34. The number of likely N-dealkylation sites (tertiary alicyclic amines) is 1. The molecule has 2 unspecified atom stereocenters. The van der Waals surface area contributed by atoms with Crippen molar-refractivity contribution in [2.45, 2.75) is 55.7 Å². The van der Waals surface area contributed by atoms with Crippen LogP contribution in [0.4, 0.5) is 0 Å². The van der Waals surface area contributed by atoms with E-state index in [1.54, 1.807) is 17.1 Å². The quantitative estimate of drug-likeness (QED) is 0.698. The van der Waals surface area contributed by atoms with Gasteiger partial charge in [-0.2, -0.15) is 5.10 Å². The summed E-state index contributed by atoms with van der Waals surface area (Å²) >= 11 is 4.03. The predicted molar refractivity (Wildman–Crippen MR) is 114 cm³/mol. The van der Waals surface area contributed by atoms with E-state index in [0.29, 0.717) is 23.9 Å². The normalized spacial score (nSPS) is 36.4. The Balaban J connectivity index is 1.15. The van der Waals surface area contributed by atoms with Gasteiger partial charge in [0.2, 0.25) is 5.91 Å². The summed E-state index contributed by atoms with van der Waals surface area (Å²) in [7, 11) is 1.81. The van der Waals surface area contributed by atoms with Gasteiger partial charge in [-0.25, -0.2) is 0 Å².